The summed E-state index contributed by atoms with van der Waals surface area (Å²) in [7, 11) is 0. The molecule has 128 valence electrons. The SMILES string of the molecule is Cc1cc(C)cc(OCCC(=O)N2CCOCC2c2ncon2)c1. The first-order valence-corrected chi connectivity index (χ1v) is 7.98. The lowest BCUT2D eigenvalue weighted by Gasteiger charge is -2.33. The molecule has 1 aromatic heterocycles. The van der Waals surface area contributed by atoms with Gasteiger partial charge in [0, 0.05) is 6.54 Å². The van der Waals surface area contributed by atoms with Gasteiger partial charge >= 0.3 is 0 Å². The lowest BCUT2D eigenvalue weighted by molar-refractivity contribution is -0.141. The Labute approximate surface area is 140 Å². The van der Waals surface area contributed by atoms with Crippen molar-refractivity contribution in [1.29, 1.82) is 0 Å². The molecule has 1 fully saturated rings. The van der Waals surface area contributed by atoms with Crippen LogP contribution in [-0.2, 0) is 9.53 Å². The van der Waals surface area contributed by atoms with Crippen molar-refractivity contribution in [3.05, 3.63) is 41.5 Å². The standard InChI is InChI=1S/C17H21N3O4/c1-12-7-13(2)9-14(8-12)23-5-3-16(21)20-4-6-22-10-15(20)17-18-11-24-19-17/h7-9,11,15H,3-6,10H2,1-2H3. The maximum atomic E-state index is 12.5. The van der Waals surface area contributed by atoms with Crippen LogP contribution in [0.4, 0.5) is 0 Å². The highest BCUT2D eigenvalue weighted by atomic mass is 16.5. The van der Waals surface area contributed by atoms with Crippen LogP contribution in [0, 0.1) is 13.8 Å². The number of hydrogen-bond donors (Lipinski definition) is 0. The van der Waals surface area contributed by atoms with Crippen LogP contribution >= 0.6 is 0 Å². The van der Waals surface area contributed by atoms with Crippen molar-refractivity contribution in [3.8, 4) is 5.75 Å². The van der Waals surface area contributed by atoms with Crippen molar-refractivity contribution in [3.63, 3.8) is 0 Å². The molecule has 1 amide bonds. The van der Waals surface area contributed by atoms with E-state index in [1.165, 1.54) is 6.39 Å². The van der Waals surface area contributed by atoms with Crippen molar-refractivity contribution < 1.29 is 18.8 Å². The zero-order valence-corrected chi connectivity index (χ0v) is 13.9. The molecule has 7 nitrogen and oxygen atoms in total. The molecule has 24 heavy (non-hydrogen) atoms. The molecular weight excluding hydrogens is 310 g/mol. The number of hydrogen-bond acceptors (Lipinski definition) is 6. The highest BCUT2D eigenvalue weighted by Crippen LogP contribution is 2.22. The van der Waals surface area contributed by atoms with Gasteiger partial charge in [0.05, 0.1) is 26.2 Å². The third-order valence-electron chi connectivity index (χ3n) is 3.91. The lowest BCUT2D eigenvalue weighted by Crippen LogP contribution is -2.44. The molecule has 3 rings (SSSR count). The van der Waals surface area contributed by atoms with E-state index in [-0.39, 0.29) is 11.9 Å². The van der Waals surface area contributed by atoms with Crippen LogP contribution in [0.5, 0.6) is 5.75 Å². The summed E-state index contributed by atoms with van der Waals surface area (Å²) < 4.78 is 15.9. The van der Waals surface area contributed by atoms with Crippen LogP contribution in [0.15, 0.2) is 29.1 Å². The molecule has 1 aliphatic heterocycles. The Kier molecular flexibility index (Phi) is 5.10. The van der Waals surface area contributed by atoms with E-state index in [0.29, 0.717) is 38.6 Å². The largest absolute Gasteiger partial charge is 0.493 e. The van der Waals surface area contributed by atoms with Crippen LogP contribution < -0.4 is 4.74 Å². The molecule has 2 aromatic rings. The van der Waals surface area contributed by atoms with E-state index in [1.54, 1.807) is 4.90 Å². The van der Waals surface area contributed by atoms with Gasteiger partial charge in [-0.3, -0.25) is 4.79 Å². The second-order valence-electron chi connectivity index (χ2n) is 5.89. The third kappa shape index (κ3) is 3.91. The van der Waals surface area contributed by atoms with Gasteiger partial charge in [0.1, 0.15) is 11.8 Å². The molecule has 1 aromatic carbocycles. The van der Waals surface area contributed by atoms with Crippen molar-refractivity contribution in [2.45, 2.75) is 26.3 Å². The summed E-state index contributed by atoms with van der Waals surface area (Å²) >= 11 is 0. The molecule has 0 spiro atoms. The van der Waals surface area contributed by atoms with E-state index in [1.807, 2.05) is 26.0 Å². The summed E-state index contributed by atoms with van der Waals surface area (Å²) in [4.78, 5) is 18.3. The molecule has 0 radical (unpaired) electrons. The first kappa shape index (κ1) is 16.4. The van der Waals surface area contributed by atoms with Gasteiger partial charge in [0.2, 0.25) is 12.3 Å². The van der Waals surface area contributed by atoms with E-state index >= 15 is 0 Å². The Bertz CT molecular complexity index is 667. The molecule has 0 saturated carbocycles. The number of aromatic nitrogens is 2. The number of benzene rings is 1. The number of carbonyl (C=O) groups is 1. The average molecular weight is 331 g/mol. The minimum absolute atomic E-state index is 0.00234. The Morgan fingerprint density at radius 1 is 1.33 bits per heavy atom. The molecule has 1 saturated heterocycles. The van der Waals surface area contributed by atoms with E-state index in [4.69, 9.17) is 14.0 Å². The number of aryl methyl sites for hydroxylation is 2. The quantitative estimate of drug-likeness (QED) is 0.834. The Hall–Kier alpha value is -2.41. The third-order valence-corrected chi connectivity index (χ3v) is 3.91. The minimum Gasteiger partial charge on any atom is -0.493 e. The Morgan fingerprint density at radius 3 is 2.83 bits per heavy atom. The lowest BCUT2D eigenvalue weighted by atomic mass is 10.1. The highest BCUT2D eigenvalue weighted by Gasteiger charge is 2.31. The fraction of sp³-hybridized carbons (Fsp3) is 0.471. The molecule has 0 bridgehead atoms. The molecule has 7 heteroatoms. The van der Waals surface area contributed by atoms with E-state index in [9.17, 15) is 4.79 Å². The summed E-state index contributed by atoms with van der Waals surface area (Å²) in [5, 5.41) is 3.83. The van der Waals surface area contributed by atoms with Crippen molar-refractivity contribution in [1.82, 2.24) is 15.0 Å². The summed E-state index contributed by atoms with van der Waals surface area (Å²) in [6.07, 6.45) is 1.55. The van der Waals surface area contributed by atoms with Crippen molar-refractivity contribution >= 4 is 5.91 Å². The molecule has 1 aliphatic rings. The summed E-state index contributed by atoms with van der Waals surface area (Å²) in [5.74, 6) is 1.26. The van der Waals surface area contributed by atoms with Crippen LogP contribution in [0.3, 0.4) is 0 Å². The smallest absolute Gasteiger partial charge is 0.226 e. The second kappa shape index (κ2) is 7.44. The van der Waals surface area contributed by atoms with Gasteiger partial charge in [0.25, 0.3) is 0 Å². The van der Waals surface area contributed by atoms with Gasteiger partial charge in [-0.2, -0.15) is 4.98 Å². The Morgan fingerprint density at radius 2 is 2.12 bits per heavy atom. The van der Waals surface area contributed by atoms with Crippen molar-refractivity contribution in [2.24, 2.45) is 0 Å². The molecular formula is C17H21N3O4. The number of rotatable bonds is 5. The minimum atomic E-state index is -0.300. The summed E-state index contributed by atoms with van der Waals surface area (Å²) in [6, 6.07) is 5.72. The molecule has 0 N–H and O–H groups in total. The van der Waals surface area contributed by atoms with Crippen LogP contribution in [-0.4, -0.2) is 47.3 Å². The predicted molar refractivity (Wildman–Crippen MR) is 85.6 cm³/mol. The monoisotopic (exact) mass is 331 g/mol. The van der Waals surface area contributed by atoms with Gasteiger partial charge in [-0.15, -0.1) is 0 Å². The fourth-order valence-corrected chi connectivity index (χ4v) is 2.86. The normalized spacial score (nSPS) is 17.8. The fourth-order valence-electron chi connectivity index (χ4n) is 2.86. The summed E-state index contributed by atoms with van der Waals surface area (Å²) in [6.45, 7) is 5.78. The number of nitrogens with zero attached hydrogens (tertiary/aromatic N) is 3. The van der Waals surface area contributed by atoms with Crippen LogP contribution in [0.25, 0.3) is 0 Å². The predicted octanol–water partition coefficient (Wildman–Crippen LogP) is 2.06. The van der Waals surface area contributed by atoms with Gasteiger partial charge < -0.3 is 18.9 Å². The Balaban J connectivity index is 1.57. The number of amides is 1. The average Bonchev–Trinajstić information content (AvgIpc) is 3.08. The number of morpholine rings is 1. The zero-order valence-electron chi connectivity index (χ0n) is 13.9. The number of ether oxygens (including phenoxy) is 2. The topological polar surface area (TPSA) is 77.7 Å². The van der Waals surface area contributed by atoms with Crippen LogP contribution in [0.2, 0.25) is 0 Å². The molecule has 0 aliphatic carbocycles. The van der Waals surface area contributed by atoms with Gasteiger partial charge in [-0.1, -0.05) is 11.2 Å². The van der Waals surface area contributed by atoms with Crippen LogP contribution in [0.1, 0.15) is 29.4 Å². The molecule has 1 atom stereocenters. The first-order chi connectivity index (χ1) is 11.6. The van der Waals surface area contributed by atoms with E-state index in [2.05, 4.69) is 16.2 Å². The zero-order chi connectivity index (χ0) is 16.9. The highest BCUT2D eigenvalue weighted by molar-refractivity contribution is 5.76. The van der Waals surface area contributed by atoms with E-state index < -0.39 is 0 Å². The van der Waals surface area contributed by atoms with Gasteiger partial charge in [-0.05, 0) is 37.1 Å². The second-order valence-corrected chi connectivity index (χ2v) is 5.89. The molecule has 2 heterocycles. The van der Waals surface area contributed by atoms with Gasteiger partial charge in [-0.25, -0.2) is 0 Å². The first-order valence-electron chi connectivity index (χ1n) is 7.98. The van der Waals surface area contributed by atoms with Gasteiger partial charge in [0.15, 0.2) is 5.82 Å². The number of carbonyl (C=O) groups excluding carboxylic acids is 1. The summed E-state index contributed by atoms with van der Waals surface area (Å²) in [5.41, 5.74) is 2.28. The van der Waals surface area contributed by atoms with E-state index in [0.717, 1.165) is 16.9 Å². The van der Waals surface area contributed by atoms with Crippen molar-refractivity contribution in [2.75, 3.05) is 26.4 Å². The molecule has 1 unspecified atom stereocenters. The maximum absolute atomic E-state index is 12.5. The maximum Gasteiger partial charge on any atom is 0.226 e.